The minimum absolute atomic E-state index is 0.0219. The Morgan fingerprint density at radius 1 is 1.00 bits per heavy atom. The first-order valence-electron chi connectivity index (χ1n) is 8.84. The lowest BCUT2D eigenvalue weighted by atomic mass is 9.96. The second kappa shape index (κ2) is 8.01. The summed E-state index contributed by atoms with van der Waals surface area (Å²) in [6, 6.07) is 14.8. The van der Waals surface area contributed by atoms with Crippen LogP contribution in [0.3, 0.4) is 0 Å². The molecule has 1 aliphatic carbocycles. The normalized spacial score (nSPS) is 15.8. The van der Waals surface area contributed by atoms with E-state index in [2.05, 4.69) is 0 Å². The minimum Gasteiger partial charge on any atom is -0.423 e. The van der Waals surface area contributed by atoms with E-state index in [4.69, 9.17) is 4.74 Å². The average molecular weight is 373 g/mol. The van der Waals surface area contributed by atoms with E-state index in [0.717, 1.165) is 32.1 Å². The van der Waals surface area contributed by atoms with Gasteiger partial charge in [-0.2, -0.15) is 4.31 Å². The molecule has 0 amide bonds. The maximum absolute atomic E-state index is 12.9. The molecule has 0 atom stereocenters. The highest BCUT2D eigenvalue weighted by Gasteiger charge is 2.29. The number of rotatable bonds is 5. The quantitative estimate of drug-likeness (QED) is 0.590. The molecule has 0 saturated heterocycles. The minimum atomic E-state index is -3.64. The van der Waals surface area contributed by atoms with Gasteiger partial charge in [0.1, 0.15) is 5.75 Å². The van der Waals surface area contributed by atoms with Gasteiger partial charge in [-0.3, -0.25) is 0 Å². The Balaban J connectivity index is 1.80. The zero-order valence-electron chi connectivity index (χ0n) is 14.8. The van der Waals surface area contributed by atoms with Crippen LogP contribution in [0.5, 0.6) is 5.75 Å². The molecule has 0 unspecified atom stereocenters. The van der Waals surface area contributed by atoms with Crippen molar-refractivity contribution >= 4 is 16.0 Å². The molecule has 0 aliphatic heterocycles. The molecule has 0 bridgehead atoms. The number of carbonyl (C=O) groups is 1. The van der Waals surface area contributed by atoms with Crippen LogP contribution in [0.1, 0.15) is 42.5 Å². The first-order chi connectivity index (χ1) is 12.5. The lowest BCUT2D eigenvalue weighted by Crippen LogP contribution is -2.38. The van der Waals surface area contributed by atoms with Gasteiger partial charge in [-0.1, -0.05) is 43.5 Å². The van der Waals surface area contributed by atoms with Crippen LogP contribution in [0.2, 0.25) is 0 Å². The summed E-state index contributed by atoms with van der Waals surface area (Å²) < 4.78 is 32.6. The molecule has 6 heteroatoms. The summed E-state index contributed by atoms with van der Waals surface area (Å²) in [5, 5.41) is 0. The number of hydrogen-bond donors (Lipinski definition) is 0. The van der Waals surface area contributed by atoms with Crippen molar-refractivity contribution < 1.29 is 17.9 Å². The highest BCUT2D eigenvalue weighted by Crippen LogP contribution is 2.27. The van der Waals surface area contributed by atoms with E-state index >= 15 is 0 Å². The summed E-state index contributed by atoms with van der Waals surface area (Å²) in [5.74, 6) is -0.154. The van der Waals surface area contributed by atoms with Crippen molar-refractivity contribution in [3.8, 4) is 5.75 Å². The average Bonchev–Trinajstić information content (AvgIpc) is 2.69. The highest BCUT2D eigenvalue weighted by atomic mass is 32.2. The molecule has 0 N–H and O–H groups in total. The molecule has 2 aromatic rings. The Bertz CT molecular complexity index is 858. The van der Waals surface area contributed by atoms with Crippen LogP contribution < -0.4 is 4.74 Å². The molecule has 138 valence electrons. The first kappa shape index (κ1) is 18.6. The largest absolute Gasteiger partial charge is 0.423 e. The van der Waals surface area contributed by atoms with Crippen molar-refractivity contribution in [2.45, 2.75) is 43.0 Å². The zero-order valence-corrected chi connectivity index (χ0v) is 15.6. The van der Waals surface area contributed by atoms with Crippen molar-refractivity contribution in [1.29, 1.82) is 0 Å². The van der Waals surface area contributed by atoms with Crippen LogP contribution in [-0.4, -0.2) is 31.8 Å². The Morgan fingerprint density at radius 2 is 1.69 bits per heavy atom. The number of hydrogen-bond acceptors (Lipinski definition) is 4. The van der Waals surface area contributed by atoms with Gasteiger partial charge in [0.2, 0.25) is 10.0 Å². The third kappa shape index (κ3) is 4.14. The first-order valence-corrected chi connectivity index (χ1v) is 10.3. The number of ether oxygens (including phenoxy) is 1. The molecule has 0 aromatic heterocycles. The number of carbonyl (C=O) groups excluding carboxylic acids is 1. The van der Waals surface area contributed by atoms with E-state index in [9.17, 15) is 13.2 Å². The fourth-order valence-electron chi connectivity index (χ4n) is 3.25. The van der Waals surface area contributed by atoms with Gasteiger partial charge in [-0.05, 0) is 43.2 Å². The molecular weight excluding hydrogens is 350 g/mol. The van der Waals surface area contributed by atoms with Crippen LogP contribution in [0.4, 0.5) is 0 Å². The Kier molecular flexibility index (Phi) is 5.74. The summed E-state index contributed by atoms with van der Waals surface area (Å²) in [4.78, 5) is 12.5. The number of esters is 1. The van der Waals surface area contributed by atoms with Gasteiger partial charge in [0.05, 0.1) is 10.5 Å². The highest BCUT2D eigenvalue weighted by molar-refractivity contribution is 7.89. The summed E-state index contributed by atoms with van der Waals surface area (Å²) in [6.45, 7) is 0. The third-order valence-electron chi connectivity index (χ3n) is 4.79. The molecule has 26 heavy (non-hydrogen) atoms. The van der Waals surface area contributed by atoms with Crippen LogP contribution in [0, 0.1) is 0 Å². The predicted octanol–water partition coefficient (Wildman–Crippen LogP) is 3.86. The fraction of sp³-hybridized carbons (Fsp3) is 0.350. The van der Waals surface area contributed by atoms with Gasteiger partial charge in [0.15, 0.2) is 0 Å². The summed E-state index contributed by atoms with van der Waals surface area (Å²) in [7, 11) is -2.02. The van der Waals surface area contributed by atoms with Gasteiger partial charge in [-0.25, -0.2) is 13.2 Å². The number of benzene rings is 2. The number of nitrogens with zero attached hydrogens (tertiary/aromatic N) is 1. The van der Waals surface area contributed by atoms with Crippen molar-refractivity contribution in [3.63, 3.8) is 0 Å². The molecule has 1 fully saturated rings. The predicted molar refractivity (Wildman–Crippen MR) is 99.7 cm³/mol. The summed E-state index contributed by atoms with van der Waals surface area (Å²) in [5.41, 5.74) is 0.215. The van der Waals surface area contributed by atoms with Crippen LogP contribution in [0.15, 0.2) is 59.5 Å². The molecule has 0 spiro atoms. The monoisotopic (exact) mass is 373 g/mol. The maximum Gasteiger partial charge on any atom is 0.343 e. The Hall–Kier alpha value is -2.18. The van der Waals surface area contributed by atoms with E-state index < -0.39 is 16.0 Å². The topological polar surface area (TPSA) is 63.7 Å². The van der Waals surface area contributed by atoms with E-state index in [1.54, 1.807) is 43.4 Å². The summed E-state index contributed by atoms with van der Waals surface area (Å²) in [6.07, 6.45) is 5.02. The second-order valence-electron chi connectivity index (χ2n) is 6.54. The van der Waals surface area contributed by atoms with E-state index in [1.807, 2.05) is 6.07 Å². The lowest BCUT2D eigenvalue weighted by Gasteiger charge is -2.30. The van der Waals surface area contributed by atoms with E-state index in [-0.39, 0.29) is 16.5 Å². The van der Waals surface area contributed by atoms with Gasteiger partial charge in [0, 0.05) is 13.1 Å². The van der Waals surface area contributed by atoms with Crippen LogP contribution in [-0.2, 0) is 10.0 Å². The second-order valence-corrected chi connectivity index (χ2v) is 8.54. The van der Waals surface area contributed by atoms with Gasteiger partial charge < -0.3 is 4.74 Å². The van der Waals surface area contributed by atoms with Gasteiger partial charge in [0.25, 0.3) is 0 Å². The SMILES string of the molecule is CN(C1CCCCC1)S(=O)(=O)c1cccc(C(=O)Oc2ccccc2)c1. The Morgan fingerprint density at radius 3 is 2.38 bits per heavy atom. The molecule has 1 aliphatic rings. The van der Waals surface area contributed by atoms with Gasteiger partial charge in [-0.15, -0.1) is 0 Å². The molecular formula is C20H23NO4S. The van der Waals surface area contributed by atoms with Crippen LogP contribution in [0.25, 0.3) is 0 Å². The number of para-hydroxylation sites is 1. The molecule has 5 nitrogen and oxygen atoms in total. The molecule has 1 saturated carbocycles. The third-order valence-corrected chi connectivity index (χ3v) is 6.70. The van der Waals surface area contributed by atoms with E-state index in [0.29, 0.717) is 5.75 Å². The molecule has 2 aromatic carbocycles. The zero-order chi connectivity index (χ0) is 18.6. The lowest BCUT2D eigenvalue weighted by molar-refractivity contribution is 0.0734. The summed E-state index contributed by atoms with van der Waals surface area (Å²) >= 11 is 0. The molecule has 3 rings (SSSR count). The Labute approximate surface area is 154 Å². The number of sulfonamides is 1. The van der Waals surface area contributed by atoms with Crippen molar-refractivity contribution in [3.05, 3.63) is 60.2 Å². The van der Waals surface area contributed by atoms with Crippen molar-refractivity contribution in [1.82, 2.24) is 4.31 Å². The fourth-order valence-corrected chi connectivity index (χ4v) is 4.71. The van der Waals surface area contributed by atoms with E-state index in [1.165, 1.54) is 16.4 Å². The van der Waals surface area contributed by atoms with Crippen molar-refractivity contribution in [2.75, 3.05) is 7.05 Å². The van der Waals surface area contributed by atoms with Crippen LogP contribution >= 0.6 is 0 Å². The standard InChI is InChI=1S/C20H23NO4S/c1-21(17-10-4-2-5-11-17)26(23,24)19-14-8-9-16(15-19)20(22)25-18-12-6-3-7-13-18/h3,6-9,12-15,17H,2,4-5,10-11H2,1H3. The maximum atomic E-state index is 12.9. The molecule has 0 heterocycles. The molecule has 0 radical (unpaired) electrons. The van der Waals surface area contributed by atoms with Gasteiger partial charge >= 0.3 is 5.97 Å². The smallest absolute Gasteiger partial charge is 0.343 e. The van der Waals surface area contributed by atoms with Crippen molar-refractivity contribution in [2.24, 2.45) is 0 Å².